The zero-order valence-electron chi connectivity index (χ0n) is 16.5. The number of hydrogen-bond acceptors (Lipinski definition) is 4. The van der Waals surface area contributed by atoms with Gasteiger partial charge in [0.05, 0.1) is 11.6 Å². The minimum Gasteiger partial charge on any atom is -0.480 e. The number of aromatic nitrogens is 1. The van der Waals surface area contributed by atoms with Crippen molar-refractivity contribution in [3.63, 3.8) is 0 Å². The zero-order valence-corrected chi connectivity index (χ0v) is 16.5. The third kappa shape index (κ3) is 3.74. The second-order valence-electron chi connectivity index (χ2n) is 7.44. The van der Waals surface area contributed by atoms with E-state index in [9.17, 15) is 14.4 Å². The minimum absolute atomic E-state index is 0.118. The van der Waals surface area contributed by atoms with Crippen molar-refractivity contribution in [2.75, 3.05) is 13.1 Å². The van der Waals surface area contributed by atoms with Crippen LogP contribution < -0.4 is 5.32 Å². The van der Waals surface area contributed by atoms with Crippen molar-refractivity contribution in [1.29, 1.82) is 0 Å². The van der Waals surface area contributed by atoms with Gasteiger partial charge in [0.25, 0.3) is 5.91 Å². The fourth-order valence-corrected chi connectivity index (χ4v) is 3.78. The van der Waals surface area contributed by atoms with Crippen LogP contribution in [0.2, 0.25) is 0 Å². The van der Waals surface area contributed by atoms with Gasteiger partial charge in [-0.2, -0.15) is 0 Å². The van der Waals surface area contributed by atoms with Crippen LogP contribution >= 0.6 is 0 Å². The first-order valence-corrected chi connectivity index (χ1v) is 9.70. The molecule has 0 fully saturated rings. The first-order valence-electron chi connectivity index (χ1n) is 9.70. The van der Waals surface area contributed by atoms with Gasteiger partial charge < -0.3 is 15.3 Å². The maximum atomic E-state index is 12.9. The van der Waals surface area contributed by atoms with Crippen LogP contribution in [-0.2, 0) is 16.1 Å². The second-order valence-corrected chi connectivity index (χ2v) is 7.44. The predicted octanol–water partition coefficient (Wildman–Crippen LogP) is 2.69. The summed E-state index contributed by atoms with van der Waals surface area (Å²) in [4.78, 5) is 41.7. The summed E-state index contributed by atoms with van der Waals surface area (Å²) in [7, 11) is 0. The van der Waals surface area contributed by atoms with Crippen molar-refractivity contribution >= 4 is 28.6 Å². The number of pyridine rings is 1. The SMILES string of the molecule is CC(CN1Cc2c(ccc3ccc(-c4ccccn4)cc23)C1=O)C(=O)NCC(=O)O. The summed E-state index contributed by atoms with van der Waals surface area (Å²) in [6.45, 7) is 1.89. The Morgan fingerprint density at radius 1 is 1.20 bits per heavy atom. The number of carboxylic acid groups (broad SMARTS) is 1. The lowest BCUT2D eigenvalue weighted by Gasteiger charge is -2.20. The minimum atomic E-state index is -1.10. The van der Waals surface area contributed by atoms with Crippen LogP contribution in [0.1, 0.15) is 22.8 Å². The molecule has 0 aliphatic carbocycles. The Hall–Kier alpha value is -3.74. The number of nitrogens with one attached hydrogen (secondary N) is 1. The largest absolute Gasteiger partial charge is 0.480 e. The van der Waals surface area contributed by atoms with Crippen molar-refractivity contribution in [1.82, 2.24) is 15.2 Å². The molecule has 2 amide bonds. The molecule has 1 atom stereocenters. The molecule has 7 nitrogen and oxygen atoms in total. The second kappa shape index (κ2) is 7.94. The van der Waals surface area contributed by atoms with E-state index >= 15 is 0 Å². The molecule has 0 spiro atoms. The summed E-state index contributed by atoms with van der Waals surface area (Å²) >= 11 is 0. The number of carboxylic acids is 1. The fraction of sp³-hybridized carbons (Fsp3) is 0.217. The quantitative estimate of drug-likeness (QED) is 0.659. The number of rotatable bonds is 6. The number of carbonyl (C=O) groups is 3. The van der Waals surface area contributed by atoms with Gasteiger partial charge in [-0.1, -0.05) is 31.2 Å². The number of hydrogen-bond donors (Lipinski definition) is 2. The summed E-state index contributed by atoms with van der Waals surface area (Å²) < 4.78 is 0. The van der Waals surface area contributed by atoms with Crippen molar-refractivity contribution in [2.24, 2.45) is 5.92 Å². The molecule has 2 N–H and O–H groups in total. The van der Waals surface area contributed by atoms with E-state index in [0.29, 0.717) is 12.1 Å². The molecule has 3 aromatic rings. The van der Waals surface area contributed by atoms with E-state index in [4.69, 9.17) is 5.11 Å². The summed E-state index contributed by atoms with van der Waals surface area (Å²) in [6.07, 6.45) is 1.75. The van der Waals surface area contributed by atoms with Crippen LogP contribution in [0.4, 0.5) is 0 Å². The Bertz CT molecular complexity index is 1140. The highest BCUT2D eigenvalue weighted by atomic mass is 16.4. The van der Waals surface area contributed by atoms with Gasteiger partial charge in [0.15, 0.2) is 0 Å². The predicted molar refractivity (Wildman–Crippen MR) is 112 cm³/mol. The summed E-state index contributed by atoms with van der Waals surface area (Å²) in [5, 5.41) is 13.1. The van der Waals surface area contributed by atoms with Crippen LogP contribution in [0, 0.1) is 5.92 Å². The molecule has 7 heteroatoms. The number of fused-ring (bicyclic) bond motifs is 3. The molecule has 2 heterocycles. The van der Waals surface area contributed by atoms with Gasteiger partial charge in [-0.25, -0.2) is 0 Å². The van der Waals surface area contributed by atoms with E-state index in [1.807, 2.05) is 42.5 Å². The average Bonchev–Trinajstić information content (AvgIpc) is 3.08. The zero-order chi connectivity index (χ0) is 21.3. The van der Waals surface area contributed by atoms with Crippen molar-refractivity contribution < 1.29 is 19.5 Å². The number of nitrogens with zero attached hydrogens (tertiary/aromatic N) is 2. The van der Waals surface area contributed by atoms with Crippen LogP contribution in [0.5, 0.6) is 0 Å². The van der Waals surface area contributed by atoms with Gasteiger partial charge in [0, 0.05) is 30.4 Å². The lowest BCUT2D eigenvalue weighted by atomic mass is 9.98. The molecule has 0 radical (unpaired) electrons. The van der Waals surface area contributed by atoms with Gasteiger partial charge in [-0.15, -0.1) is 0 Å². The lowest BCUT2D eigenvalue weighted by molar-refractivity contribution is -0.138. The number of amides is 2. The highest BCUT2D eigenvalue weighted by Crippen LogP contribution is 2.33. The van der Waals surface area contributed by atoms with E-state index < -0.39 is 18.4 Å². The van der Waals surface area contributed by atoms with Gasteiger partial charge in [0.1, 0.15) is 6.54 Å². The van der Waals surface area contributed by atoms with E-state index in [-0.39, 0.29) is 18.4 Å². The maximum absolute atomic E-state index is 12.9. The highest BCUT2D eigenvalue weighted by Gasteiger charge is 2.31. The molecule has 0 saturated heterocycles. The lowest BCUT2D eigenvalue weighted by Crippen LogP contribution is -2.39. The molecule has 152 valence electrons. The molecule has 0 bridgehead atoms. The molecule has 1 aliphatic heterocycles. The van der Waals surface area contributed by atoms with Crippen LogP contribution in [0.3, 0.4) is 0 Å². The van der Waals surface area contributed by atoms with Gasteiger partial charge >= 0.3 is 5.97 Å². The Labute approximate surface area is 173 Å². The van der Waals surface area contributed by atoms with Crippen LogP contribution in [-0.4, -0.2) is 45.9 Å². The smallest absolute Gasteiger partial charge is 0.322 e. The Morgan fingerprint density at radius 2 is 2.00 bits per heavy atom. The van der Waals surface area contributed by atoms with E-state index in [0.717, 1.165) is 27.6 Å². The first kappa shape index (κ1) is 19.6. The molecular formula is C23H21N3O4. The van der Waals surface area contributed by atoms with E-state index in [1.165, 1.54) is 0 Å². The maximum Gasteiger partial charge on any atom is 0.322 e. The molecule has 4 rings (SSSR count). The van der Waals surface area contributed by atoms with Crippen molar-refractivity contribution in [2.45, 2.75) is 13.5 Å². The number of carbonyl (C=O) groups excluding carboxylic acids is 2. The van der Waals surface area contributed by atoms with E-state index in [2.05, 4.69) is 16.4 Å². The van der Waals surface area contributed by atoms with Crippen molar-refractivity contribution in [3.05, 3.63) is 65.9 Å². The standard InChI is InChI=1S/C23H21N3O4/c1-14(22(29)25-11-21(27)28)12-26-13-19-17(23(26)30)8-7-15-5-6-16(10-18(15)19)20-4-2-3-9-24-20/h2-10,14H,11-13H2,1H3,(H,25,29)(H,27,28). The molecule has 30 heavy (non-hydrogen) atoms. The summed E-state index contributed by atoms with van der Waals surface area (Å²) in [6, 6.07) is 15.6. The van der Waals surface area contributed by atoms with Gasteiger partial charge in [0.2, 0.25) is 5.91 Å². The highest BCUT2D eigenvalue weighted by molar-refractivity contribution is 6.05. The van der Waals surface area contributed by atoms with Gasteiger partial charge in [-0.3, -0.25) is 19.4 Å². The Balaban J connectivity index is 1.59. The number of aliphatic carboxylic acids is 1. The first-order chi connectivity index (χ1) is 14.4. The molecule has 1 aliphatic rings. The summed E-state index contributed by atoms with van der Waals surface area (Å²) in [5.74, 6) is -2.12. The topological polar surface area (TPSA) is 99.6 Å². The van der Waals surface area contributed by atoms with Crippen molar-refractivity contribution in [3.8, 4) is 11.3 Å². The van der Waals surface area contributed by atoms with Crippen LogP contribution in [0.25, 0.3) is 22.0 Å². The van der Waals surface area contributed by atoms with Crippen LogP contribution in [0.15, 0.2) is 54.7 Å². The third-order valence-electron chi connectivity index (χ3n) is 5.32. The normalized spacial score (nSPS) is 13.9. The van der Waals surface area contributed by atoms with Gasteiger partial charge in [-0.05, 0) is 40.6 Å². The Kier molecular flexibility index (Phi) is 5.18. The van der Waals surface area contributed by atoms with E-state index in [1.54, 1.807) is 18.0 Å². The molecule has 1 unspecified atom stereocenters. The third-order valence-corrected chi connectivity index (χ3v) is 5.32. The monoisotopic (exact) mass is 403 g/mol. The average molecular weight is 403 g/mol. The number of benzene rings is 2. The summed E-state index contributed by atoms with van der Waals surface area (Å²) in [5.41, 5.74) is 3.41. The fourth-order valence-electron chi connectivity index (χ4n) is 3.78. The molecular weight excluding hydrogens is 382 g/mol. The Morgan fingerprint density at radius 3 is 2.73 bits per heavy atom. The molecule has 2 aromatic carbocycles. The molecule has 1 aromatic heterocycles. The molecule has 0 saturated carbocycles.